The van der Waals surface area contributed by atoms with Crippen molar-refractivity contribution in [1.29, 1.82) is 0 Å². The standard InChI is InChI=1S/C19H23N4/c1-13(2)17-10-16(15-8-6-5-7-9-15)11-18(14(3)4)23(17)19-20-12-21-22-19/h5-14H,1-4H3,(H,20,21,22)/q+1. The summed E-state index contributed by atoms with van der Waals surface area (Å²) < 4.78 is 2.20. The summed E-state index contributed by atoms with van der Waals surface area (Å²) in [5, 5.41) is 7.03. The molecule has 0 saturated carbocycles. The van der Waals surface area contributed by atoms with Crippen molar-refractivity contribution < 1.29 is 4.57 Å². The van der Waals surface area contributed by atoms with Crippen molar-refractivity contribution in [3.05, 3.63) is 60.2 Å². The van der Waals surface area contributed by atoms with Crippen LogP contribution in [0.2, 0.25) is 0 Å². The minimum atomic E-state index is 0.376. The van der Waals surface area contributed by atoms with Crippen LogP contribution in [0.4, 0.5) is 0 Å². The van der Waals surface area contributed by atoms with Gasteiger partial charge in [0.1, 0.15) is 0 Å². The van der Waals surface area contributed by atoms with E-state index in [2.05, 4.69) is 83.8 Å². The molecule has 1 aromatic carbocycles. The monoisotopic (exact) mass is 307 g/mol. The van der Waals surface area contributed by atoms with Gasteiger partial charge in [0.2, 0.25) is 6.33 Å². The Morgan fingerprint density at radius 2 is 1.48 bits per heavy atom. The van der Waals surface area contributed by atoms with E-state index in [1.807, 2.05) is 6.07 Å². The van der Waals surface area contributed by atoms with Gasteiger partial charge in [-0.2, -0.15) is 5.10 Å². The lowest BCUT2D eigenvalue weighted by atomic mass is 9.97. The van der Waals surface area contributed by atoms with E-state index >= 15 is 0 Å². The van der Waals surface area contributed by atoms with Gasteiger partial charge in [-0.3, -0.25) is 0 Å². The number of hydrogen-bond donors (Lipinski definition) is 1. The highest BCUT2D eigenvalue weighted by Gasteiger charge is 2.23. The Hall–Kier alpha value is -2.49. The summed E-state index contributed by atoms with van der Waals surface area (Å²) in [5.41, 5.74) is 4.94. The molecule has 1 N–H and O–H groups in total. The molecule has 2 aromatic heterocycles. The predicted molar refractivity (Wildman–Crippen MR) is 91.5 cm³/mol. The van der Waals surface area contributed by atoms with Crippen LogP contribution in [0.15, 0.2) is 48.8 Å². The summed E-state index contributed by atoms with van der Waals surface area (Å²) in [6.45, 7) is 8.84. The molecule has 0 radical (unpaired) electrons. The molecule has 0 aliphatic rings. The van der Waals surface area contributed by atoms with Gasteiger partial charge in [0.25, 0.3) is 0 Å². The summed E-state index contributed by atoms with van der Waals surface area (Å²) in [4.78, 5) is 4.37. The first kappa shape index (κ1) is 15.4. The second kappa shape index (κ2) is 6.32. The minimum Gasteiger partial charge on any atom is -0.201 e. The molecule has 0 amide bonds. The first-order chi connectivity index (χ1) is 11.1. The summed E-state index contributed by atoms with van der Waals surface area (Å²) >= 11 is 0. The number of hydrogen-bond acceptors (Lipinski definition) is 2. The van der Waals surface area contributed by atoms with Crippen LogP contribution in [0.3, 0.4) is 0 Å². The average Bonchev–Trinajstić information content (AvgIpc) is 3.08. The van der Waals surface area contributed by atoms with Crippen LogP contribution in [0.25, 0.3) is 17.1 Å². The molecule has 0 fully saturated rings. The largest absolute Gasteiger partial charge is 0.422 e. The molecule has 23 heavy (non-hydrogen) atoms. The molecular weight excluding hydrogens is 284 g/mol. The van der Waals surface area contributed by atoms with E-state index in [0.29, 0.717) is 11.8 Å². The molecule has 3 rings (SSSR count). The molecule has 0 aliphatic carbocycles. The Morgan fingerprint density at radius 1 is 0.870 bits per heavy atom. The molecule has 0 unspecified atom stereocenters. The highest BCUT2D eigenvalue weighted by molar-refractivity contribution is 5.63. The van der Waals surface area contributed by atoms with Crippen molar-refractivity contribution >= 4 is 0 Å². The molecule has 3 aromatic rings. The molecular formula is C19H23N4+. The number of aromatic nitrogens is 4. The maximum atomic E-state index is 4.37. The smallest absolute Gasteiger partial charge is 0.201 e. The Kier molecular flexibility index (Phi) is 4.24. The number of nitrogens with one attached hydrogen (secondary N) is 1. The lowest BCUT2D eigenvalue weighted by molar-refractivity contribution is -0.622. The van der Waals surface area contributed by atoms with E-state index in [4.69, 9.17) is 0 Å². The molecule has 0 aliphatic heterocycles. The van der Waals surface area contributed by atoms with Crippen LogP contribution in [0, 0.1) is 0 Å². The molecule has 118 valence electrons. The van der Waals surface area contributed by atoms with Crippen molar-refractivity contribution in [2.24, 2.45) is 0 Å². The van der Waals surface area contributed by atoms with E-state index < -0.39 is 0 Å². The lowest BCUT2D eigenvalue weighted by Crippen LogP contribution is -2.42. The zero-order valence-corrected chi connectivity index (χ0v) is 14.1. The number of pyridine rings is 1. The predicted octanol–water partition coefficient (Wildman–Crippen LogP) is 4.00. The fourth-order valence-corrected chi connectivity index (χ4v) is 2.84. The first-order valence-electron chi connectivity index (χ1n) is 8.09. The Morgan fingerprint density at radius 3 is 1.96 bits per heavy atom. The van der Waals surface area contributed by atoms with Gasteiger partial charge < -0.3 is 0 Å². The fraction of sp³-hybridized carbons (Fsp3) is 0.316. The molecule has 4 nitrogen and oxygen atoms in total. The zero-order chi connectivity index (χ0) is 16.4. The van der Waals surface area contributed by atoms with Crippen LogP contribution in [-0.4, -0.2) is 15.2 Å². The molecule has 0 atom stereocenters. The van der Waals surface area contributed by atoms with Gasteiger partial charge >= 0.3 is 5.95 Å². The van der Waals surface area contributed by atoms with E-state index in [9.17, 15) is 0 Å². The molecule has 4 heteroatoms. The fourth-order valence-electron chi connectivity index (χ4n) is 2.84. The van der Waals surface area contributed by atoms with E-state index in [1.54, 1.807) is 6.33 Å². The van der Waals surface area contributed by atoms with Crippen molar-refractivity contribution in [2.75, 3.05) is 0 Å². The van der Waals surface area contributed by atoms with Gasteiger partial charge in [-0.15, -0.1) is 0 Å². The van der Waals surface area contributed by atoms with Gasteiger partial charge in [-0.25, -0.2) is 4.57 Å². The zero-order valence-electron chi connectivity index (χ0n) is 14.1. The number of H-pyrrole nitrogens is 1. The lowest BCUT2D eigenvalue weighted by Gasteiger charge is -2.18. The second-order valence-corrected chi connectivity index (χ2v) is 6.41. The Bertz CT molecular complexity index is 745. The van der Waals surface area contributed by atoms with Crippen LogP contribution < -0.4 is 4.57 Å². The van der Waals surface area contributed by atoms with E-state index in [0.717, 1.165) is 5.95 Å². The average molecular weight is 307 g/mol. The highest BCUT2D eigenvalue weighted by atomic mass is 15.3. The van der Waals surface area contributed by atoms with Gasteiger partial charge in [0.05, 0.1) is 11.4 Å². The SMILES string of the molecule is CC(C)c1cc(-c2ccccc2)cc(C(C)C)[n+]1-c1ncn[nH]1. The summed E-state index contributed by atoms with van der Waals surface area (Å²) in [6, 6.07) is 15.0. The third-order valence-electron chi connectivity index (χ3n) is 4.03. The van der Waals surface area contributed by atoms with E-state index in [1.165, 1.54) is 22.5 Å². The van der Waals surface area contributed by atoms with Crippen LogP contribution in [-0.2, 0) is 0 Å². The van der Waals surface area contributed by atoms with Crippen LogP contribution in [0.1, 0.15) is 50.9 Å². The maximum Gasteiger partial charge on any atom is 0.422 e. The summed E-state index contributed by atoms with van der Waals surface area (Å²) in [6.07, 6.45) is 1.56. The second-order valence-electron chi connectivity index (χ2n) is 6.41. The topological polar surface area (TPSA) is 45.5 Å². The Balaban J connectivity index is 2.28. The van der Waals surface area contributed by atoms with Crippen molar-refractivity contribution in [3.8, 4) is 17.1 Å². The van der Waals surface area contributed by atoms with Gasteiger partial charge in [0.15, 0.2) is 0 Å². The third-order valence-corrected chi connectivity index (χ3v) is 4.03. The van der Waals surface area contributed by atoms with Crippen molar-refractivity contribution in [1.82, 2.24) is 15.2 Å². The first-order valence-corrected chi connectivity index (χ1v) is 8.09. The minimum absolute atomic E-state index is 0.376. The van der Waals surface area contributed by atoms with Crippen LogP contribution in [0.5, 0.6) is 0 Å². The van der Waals surface area contributed by atoms with Gasteiger partial charge in [-0.05, 0) is 23.3 Å². The highest BCUT2D eigenvalue weighted by Crippen LogP contribution is 2.26. The summed E-state index contributed by atoms with van der Waals surface area (Å²) in [5.74, 6) is 1.53. The van der Waals surface area contributed by atoms with Crippen LogP contribution >= 0.6 is 0 Å². The van der Waals surface area contributed by atoms with Gasteiger partial charge in [-0.1, -0.05) is 68.1 Å². The number of benzene rings is 1. The Labute approximate surface area is 137 Å². The molecule has 2 heterocycles. The molecule has 0 spiro atoms. The molecule has 0 saturated heterocycles. The van der Waals surface area contributed by atoms with E-state index in [-0.39, 0.29) is 0 Å². The summed E-state index contributed by atoms with van der Waals surface area (Å²) in [7, 11) is 0. The van der Waals surface area contributed by atoms with Gasteiger partial charge in [0, 0.05) is 11.8 Å². The van der Waals surface area contributed by atoms with Crippen molar-refractivity contribution in [2.45, 2.75) is 39.5 Å². The maximum absolute atomic E-state index is 4.37. The quantitative estimate of drug-likeness (QED) is 0.741. The molecule has 0 bridgehead atoms. The number of rotatable bonds is 4. The normalized spacial score (nSPS) is 11.4. The number of nitrogens with zero attached hydrogens (tertiary/aromatic N) is 3. The number of aromatic amines is 1. The third kappa shape index (κ3) is 3.02. The van der Waals surface area contributed by atoms with Crippen molar-refractivity contribution in [3.63, 3.8) is 0 Å².